The van der Waals surface area contributed by atoms with Gasteiger partial charge < -0.3 is 35.0 Å². The molecule has 0 unspecified atom stereocenters. The number of nitrogens with zero attached hydrogens (tertiary/aromatic N) is 2. The average molecular weight is 625 g/mol. The van der Waals surface area contributed by atoms with Crippen LogP contribution in [0.5, 0.6) is 5.75 Å². The third-order valence-corrected chi connectivity index (χ3v) is 9.14. The Labute approximate surface area is 263 Å². The fraction of sp³-hybridized carbons (Fsp3) is 0.606. The largest absolute Gasteiger partial charge is 0.484 e. The first-order valence-corrected chi connectivity index (χ1v) is 15.9. The van der Waals surface area contributed by atoms with Gasteiger partial charge >= 0.3 is 12.1 Å². The third kappa shape index (κ3) is 7.42. The zero-order valence-corrected chi connectivity index (χ0v) is 26.2. The topological polar surface area (TPSA) is 155 Å². The molecule has 244 valence electrons. The minimum absolute atomic E-state index is 0.166. The predicted octanol–water partition coefficient (Wildman–Crippen LogP) is 2.72. The van der Waals surface area contributed by atoms with E-state index in [-0.39, 0.29) is 43.9 Å². The Morgan fingerprint density at radius 3 is 2.53 bits per heavy atom. The van der Waals surface area contributed by atoms with E-state index in [4.69, 9.17) is 9.47 Å². The van der Waals surface area contributed by atoms with E-state index in [1.165, 1.54) is 4.90 Å². The number of hydrogen-bond donors (Lipinski definition) is 3. The number of ether oxygens (including phenoxy) is 2. The molecule has 0 bridgehead atoms. The summed E-state index contributed by atoms with van der Waals surface area (Å²) in [5.41, 5.74) is -2.20. The van der Waals surface area contributed by atoms with Crippen molar-refractivity contribution in [3.8, 4) is 5.75 Å². The summed E-state index contributed by atoms with van der Waals surface area (Å²) in [7, 11) is 0. The lowest BCUT2D eigenvalue weighted by Crippen LogP contribution is -2.58. The fourth-order valence-electron chi connectivity index (χ4n) is 6.78. The highest BCUT2D eigenvalue weighted by molar-refractivity contribution is 5.96. The molecule has 1 aromatic rings. The molecule has 3 N–H and O–H groups in total. The number of para-hydroxylation sites is 1. The van der Waals surface area contributed by atoms with Crippen molar-refractivity contribution in [3.05, 3.63) is 42.5 Å². The van der Waals surface area contributed by atoms with Crippen LogP contribution in [0.15, 0.2) is 42.5 Å². The fourth-order valence-corrected chi connectivity index (χ4v) is 6.78. The normalized spacial score (nSPS) is 30.9. The monoisotopic (exact) mass is 624 g/mol. The standard InChI is InChI=1S/C33H44N4O8/c1-32(2,3)45-31(43)34-25-15-11-6-4-5-8-12-22-16-33(22,30(41)42)35-28(39)27-24-19-36(17-21(24)18-37(27)29(25)40)26(38)20-44-23-13-9-7-10-14-23/h7-10,12-14,21-22,24-25,27H,4-6,11,15-20H2,1-3H3,(H,34,43)(H,35,39)(H,41,42)/b12-8-/t21-,22+,24-,25+,27-,33+/m0/s1. The number of fused-ring (bicyclic) bond motifs is 4. The van der Waals surface area contributed by atoms with E-state index >= 15 is 0 Å². The van der Waals surface area contributed by atoms with Crippen LogP contribution in [0.2, 0.25) is 0 Å². The number of benzene rings is 1. The molecule has 6 atom stereocenters. The predicted molar refractivity (Wildman–Crippen MR) is 163 cm³/mol. The van der Waals surface area contributed by atoms with Crippen LogP contribution in [0.4, 0.5) is 4.79 Å². The van der Waals surface area contributed by atoms with E-state index in [9.17, 15) is 29.1 Å². The molecule has 3 aliphatic heterocycles. The van der Waals surface area contributed by atoms with Gasteiger partial charge in [-0.2, -0.15) is 0 Å². The van der Waals surface area contributed by atoms with E-state index in [1.807, 2.05) is 30.4 Å². The van der Waals surface area contributed by atoms with E-state index in [0.717, 1.165) is 19.3 Å². The summed E-state index contributed by atoms with van der Waals surface area (Å²) in [4.78, 5) is 69.6. The number of nitrogens with one attached hydrogen (secondary N) is 2. The van der Waals surface area contributed by atoms with Crippen molar-refractivity contribution in [3.63, 3.8) is 0 Å². The van der Waals surface area contributed by atoms with Crippen molar-refractivity contribution in [2.45, 2.75) is 82.5 Å². The van der Waals surface area contributed by atoms with Gasteiger partial charge in [-0.25, -0.2) is 9.59 Å². The van der Waals surface area contributed by atoms with Crippen LogP contribution < -0.4 is 15.4 Å². The summed E-state index contributed by atoms with van der Waals surface area (Å²) in [6.45, 7) is 5.79. The molecule has 1 aliphatic carbocycles. The molecule has 0 radical (unpaired) electrons. The highest BCUT2D eigenvalue weighted by Gasteiger charge is 2.62. The summed E-state index contributed by atoms with van der Waals surface area (Å²) in [5.74, 6) is -2.72. The Bertz CT molecular complexity index is 1330. The van der Waals surface area contributed by atoms with Crippen molar-refractivity contribution in [1.29, 1.82) is 0 Å². The molecule has 45 heavy (non-hydrogen) atoms. The van der Waals surface area contributed by atoms with Crippen LogP contribution in [0.25, 0.3) is 0 Å². The number of carboxylic acid groups (broad SMARTS) is 1. The minimum atomic E-state index is -1.44. The van der Waals surface area contributed by atoms with Crippen molar-refractivity contribution < 1.29 is 38.6 Å². The first-order chi connectivity index (χ1) is 21.4. The maximum atomic E-state index is 14.2. The number of aliphatic carboxylic acids is 1. The molecule has 1 aromatic carbocycles. The molecule has 12 nitrogen and oxygen atoms in total. The number of amides is 4. The number of allylic oxidation sites excluding steroid dienone is 1. The Morgan fingerprint density at radius 1 is 1.07 bits per heavy atom. The Kier molecular flexibility index (Phi) is 9.41. The maximum absolute atomic E-state index is 14.2. The molecule has 1 saturated carbocycles. The second kappa shape index (κ2) is 13.1. The molecule has 2 saturated heterocycles. The average Bonchev–Trinajstić information content (AvgIpc) is 3.33. The molecule has 4 aliphatic rings. The van der Waals surface area contributed by atoms with Gasteiger partial charge in [0.1, 0.15) is 29.0 Å². The van der Waals surface area contributed by atoms with Crippen molar-refractivity contribution in [2.24, 2.45) is 17.8 Å². The molecular weight excluding hydrogens is 580 g/mol. The summed E-state index contributed by atoms with van der Waals surface area (Å²) in [5, 5.41) is 15.7. The van der Waals surface area contributed by atoms with Gasteiger partial charge in [0.2, 0.25) is 11.8 Å². The summed E-state index contributed by atoms with van der Waals surface area (Å²) in [6, 6.07) is 7.07. The van der Waals surface area contributed by atoms with E-state index in [0.29, 0.717) is 25.1 Å². The van der Waals surface area contributed by atoms with Crippen LogP contribution >= 0.6 is 0 Å². The van der Waals surface area contributed by atoms with Gasteiger partial charge in [-0.1, -0.05) is 43.2 Å². The van der Waals surface area contributed by atoms with Gasteiger partial charge in [0.05, 0.1) is 0 Å². The third-order valence-electron chi connectivity index (χ3n) is 9.14. The zero-order valence-electron chi connectivity index (χ0n) is 26.2. The SMILES string of the molecule is CC(C)(C)OC(=O)N[C@@H]1CCCCC/C=C\[C@@H]2C[C@@]2(C(=O)O)NC(=O)[C@@H]2[C@H]3CN(C(=O)COc4ccccc4)C[C@H]3CN2C1=O. The first kappa shape index (κ1) is 32.3. The highest BCUT2D eigenvalue weighted by Crippen LogP contribution is 2.46. The van der Waals surface area contributed by atoms with Crippen LogP contribution in [0.3, 0.4) is 0 Å². The Hall–Kier alpha value is -4.09. The van der Waals surface area contributed by atoms with Gasteiger partial charge in [0.25, 0.3) is 5.91 Å². The molecular formula is C33H44N4O8. The van der Waals surface area contributed by atoms with Crippen molar-refractivity contribution in [1.82, 2.24) is 20.4 Å². The summed E-state index contributed by atoms with van der Waals surface area (Å²) in [6.07, 6.45) is 6.81. The molecule has 3 heterocycles. The van der Waals surface area contributed by atoms with Crippen LogP contribution in [0.1, 0.15) is 59.3 Å². The number of alkyl carbamates (subject to hydrolysis) is 1. The van der Waals surface area contributed by atoms with Gasteiger partial charge in [-0.05, 0) is 58.6 Å². The quantitative estimate of drug-likeness (QED) is 0.423. The number of carbonyl (C=O) groups excluding carboxylic acids is 4. The van der Waals surface area contributed by atoms with Gasteiger partial charge in [-0.3, -0.25) is 14.4 Å². The number of rotatable bonds is 5. The number of hydrogen-bond acceptors (Lipinski definition) is 7. The molecule has 3 fully saturated rings. The van der Waals surface area contributed by atoms with E-state index in [2.05, 4.69) is 10.6 Å². The van der Waals surface area contributed by atoms with Gasteiger partial charge in [0, 0.05) is 37.4 Å². The second-order valence-corrected chi connectivity index (χ2v) is 13.6. The van der Waals surface area contributed by atoms with E-state index < -0.39 is 53.0 Å². The van der Waals surface area contributed by atoms with Gasteiger partial charge in [0.15, 0.2) is 6.61 Å². The lowest BCUT2D eigenvalue weighted by Gasteiger charge is -2.33. The van der Waals surface area contributed by atoms with E-state index in [1.54, 1.807) is 37.8 Å². The zero-order chi connectivity index (χ0) is 32.4. The molecule has 0 aromatic heterocycles. The molecule has 4 amide bonds. The van der Waals surface area contributed by atoms with Crippen LogP contribution in [-0.4, -0.2) is 94.2 Å². The number of likely N-dealkylation sites (tertiary alicyclic amines) is 1. The lowest BCUT2D eigenvalue weighted by molar-refractivity contribution is -0.146. The number of carboxylic acids is 1. The summed E-state index contributed by atoms with van der Waals surface area (Å²) >= 11 is 0. The van der Waals surface area contributed by atoms with Gasteiger partial charge in [-0.15, -0.1) is 0 Å². The molecule has 5 rings (SSSR count). The second-order valence-electron chi connectivity index (χ2n) is 13.6. The molecule has 0 spiro atoms. The Balaban J connectivity index is 1.38. The number of carbonyl (C=O) groups is 5. The smallest absolute Gasteiger partial charge is 0.408 e. The minimum Gasteiger partial charge on any atom is -0.484 e. The lowest BCUT2D eigenvalue weighted by atomic mass is 9.93. The highest BCUT2D eigenvalue weighted by atomic mass is 16.6. The first-order valence-electron chi connectivity index (χ1n) is 15.9. The Morgan fingerprint density at radius 2 is 1.82 bits per heavy atom. The van der Waals surface area contributed by atoms with Crippen molar-refractivity contribution >= 4 is 29.8 Å². The van der Waals surface area contributed by atoms with Crippen LogP contribution in [0, 0.1) is 17.8 Å². The van der Waals surface area contributed by atoms with Crippen molar-refractivity contribution in [2.75, 3.05) is 26.2 Å². The summed E-state index contributed by atoms with van der Waals surface area (Å²) < 4.78 is 11.1. The van der Waals surface area contributed by atoms with Crippen LogP contribution in [-0.2, 0) is 23.9 Å². The molecule has 12 heteroatoms. The maximum Gasteiger partial charge on any atom is 0.408 e.